The second-order valence-electron chi connectivity index (χ2n) is 5.62. The maximum Gasteiger partial charge on any atom is 0.225 e. The molecule has 1 aromatic carbocycles. The Balaban J connectivity index is 1.86. The second kappa shape index (κ2) is 7.82. The molecule has 22 heavy (non-hydrogen) atoms. The van der Waals surface area contributed by atoms with Gasteiger partial charge in [0, 0.05) is 31.6 Å². The van der Waals surface area contributed by atoms with Crippen molar-refractivity contribution < 1.29 is 14.3 Å². The van der Waals surface area contributed by atoms with E-state index in [4.69, 9.17) is 4.74 Å². The minimum absolute atomic E-state index is 0.0572. The maximum atomic E-state index is 12.3. The predicted molar refractivity (Wildman–Crippen MR) is 84.4 cm³/mol. The highest BCUT2D eigenvalue weighted by molar-refractivity contribution is 5.89. The Labute approximate surface area is 131 Å². The van der Waals surface area contributed by atoms with Gasteiger partial charge in [0.15, 0.2) is 0 Å². The zero-order valence-corrected chi connectivity index (χ0v) is 13.3. The molecule has 1 heterocycles. The minimum Gasteiger partial charge on any atom is -0.496 e. The Morgan fingerprint density at radius 2 is 2.18 bits per heavy atom. The third kappa shape index (κ3) is 4.00. The van der Waals surface area contributed by atoms with Crippen LogP contribution in [0.1, 0.15) is 31.7 Å². The number of likely N-dealkylation sites (tertiary alicyclic amines) is 1. The molecule has 1 aliphatic heterocycles. The number of ether oxygens (including phenoxy) is 1. The van der Waals surface area contributed by atoms with E-state index in [0.717, 1.165) is 30.7 Å². The van der Waals surface area contributed by atoms with Gasteiger partial charge in [0.2, 0.25) is 11.8 Å². The van der Waals surface area contributed by atoms with Gasteiger partial charge in [-0.3, -0.25) is 9.59 Å². The van der Waals surface area contributed by atoms with E-state index in [0.29, 0.717) is 19.5 Å². The molecule has 0 spiro atoms. The first-order valence-electron chi connectivity index (χ1n) is 7.83. The Hall–Kier alpha value is -2.04. The van der Waals surface area contributed by atoms with Crippen molar-refractivity contribution >= 4 is 11.8 Å². The van der Waals surface area contributed by atoms with Crippen molar-refractivity contribution in [1.82, 2.24) is 10.2 Å². The summed E-state index contributed by atoms with van der Waals surface area (Å²) in [7, 11) is 1.61. The van der Waals surface area contributed by atoms with Crippen LogP contribution in [0.15, 0.2) is 24.3 Å². The van der Waals surface area contributed by atoms with Crippen LogP contribution in [-0.2, 0) is 16.1 Å². The number of nitrogens with zero attached hydrogens (tertiary/aromatic N) is 1. The first kappa shape index (κ1) is 16.3. The van der Waals surface area contributed by atoms with Gasteiger partial charge in [-0.25, -0.2) is 0 Å². The lowest BCUT2D eigenvalue weighted by Crippen LogP contribution is -2.33. The number of amides is 2. The van der Waals surface area contributed by atoms with Gasteiger partial charge >= 0.3 is 0 Å². The molecule has 2 amide bonds. The van der Waals surface area contributed by atoms with E-state index < -0.39 is 0 Å². The van der Waals surface area contributed by atoms with E-state index in [2.05, 4.69) is 12.2 Å². The molecular formula is C17H24N2O3. The molecule has 120 valence electrons. The van der Waals surface area contributed by atoms with E-state index in [-0.39, 0.29) is 17.7 Å². The summed E-state index contributed by atoms with van der Waals surface area (Å²) in [5.74, 6) is 0.554. The summed E-state index contributed by atoms with van der Waals surface area (Å²) in [6.07, 6.45) is 2.36. The van der Waals surface area contributed by atoms with Crippen LogP contribution in [0.5, 0.6) is 5.75 Å². The number of rotatable bonds is 7. The van der Waals surface area contributed by atoms with Gasteiger partial charge in [-0.2, -0.15) is 0 Å². The van der Waals surface area contributed by atoms with Crippen molar-refractivity contribution in [3.63, 3.8) is 0 Å². The van der Waals surface area contributed by atoms with Crippen molar-refractivity contribution in [3.8, 4) is 5.75 Å². The van der Waals surface area contributed by atoms with Crippen LogP contribution in [0.4, 0.5) is 0 Å². The van der Waals surface area contributed by atoms with Crippen LogP contribution >= 0.6 is 0 Å². The minimum atomic E-state index is -0.237. The molecule has 0 unspecified atom stereocenters. The van der Waals surface area contributed by atoms with Crippen LogP contribution in [0, 0.1) is 5.92 Å². The molecule has 0 bridgehead atoms. The van der Waals surface area contributed by atoms with E-state index in [1.165, 1.54) is 0 Å². The third-order valence-electron chi connectivity index (χ3n) is 4.01. The van der Waals surface area contributed by atoms with E-state index in [1.54, 1.807) is 12.0 Å². The monoisotopic (exact) mass is 304 g/mol. The number of hydrogen-bond donors (Lipinski definition) is 1. The number of benzene rings is 1. The highest BCUT2D eigenvalue weighted by atomic mass is 16.5. The van der Waals surface area contributed by atoms with Crippen LogP contribution in [0.25, 0.3) is 0 Å². The average molecular weight is 304 g/mol. The van der Waals surface area contributed by atoms with Gasteiger partial charge in [-0.1, -0.05) is 31.5 Å². The number of carbonyl (C=O) groups is 2. The zero-order chi connectivity index (χ0) is 15.9. The Morgan fingerprint density at radius 1 is 1.41 bits per heavy atom. The molecule has 1 atom stereocenters. The van der Waals surface area contributed by atoms with Crippen molar-refractivity contribution in [1.29, 1.82) is 0 Å². The molecular weight excluding hydrogens is 280 g/mol. The number of para-hydroxylation sites is 1. The fraction of sp³-hybridized carbons (Fsp3) is 0.529. The topological polar surface area (TPSA) is 58.6 Å². The number of methoxy groups -OCH3 is 1. The van der Waals surface area contributed by atoms with Crippen molar-refractivity contribution in [3.05, 3.63) is 29.8 Å². The van der Waals surface area contributed by atoms with Crippen molar-refractivity contribution in [2.45, 2.75) is 32.7 Å². The highest BCUT2D eigenvalue weighted by Gasteiger charge is 2.33. The van der Waals surface area contributed by atoms with Crippen LogP contribution < -0.4 is 10.1 Å². The molecule has 1 N–H and O–H groups in total. The second-order valence-corrected chi connectivity index (χ2v) is 5.62. The zero-order valence-electron chi connectivity index (χ0n) is 13.3. The summed E-state index contributed by atoms with van der Waals surface area (Å²) in [5.41, 5.74) is 0.936. The predicted octanol–water partition coefficient (Wildman–Crippen LogP) is 1.96. The molecule has 2 rings (SSSR count). The van der Waals surface area contributed by atoms with Gasteiger partial charge in [-0.05, 0) is 12.5 Å². The molecule has 1 aliphatic rings. The van der Waals surface area contributed by atoms with Gasteiger partial charge in [0.25, 0.3) is 0 Å². The smallest absolute Gasteiger partial charge is 0.225 e. The molecule has 5 heteroatoms. The summed E-state index contributed by atoms with van der Waals surface area (Å²) in [6.45, 7) is 3.81. The van der Waals surface area contributed by atoms with Crippen LogP contribution in [0.2, 0.25) is 0 Å². The van der Waals surface area contributed by atoms with Crippen molar-refractivity contribution in [2.75, 3.05) is 20.2 Å². The number of nitrogens with one attached hydrogen (secondary N) is 1. The summed E-state index contributed by atoms with van der Waals surface area (Å²) < 4.78 is 5.27. The molecule has 1 aromatic rings. The lowest BCUT2D eigenvalue weighted by Gasteiger charge is -2.16. The summed E-state index contributed by atoms with van der Waals surface area (Å²) in [4.78, 5) is 26.0. The third-order valence-corrected chi connectivity index (χ3v) is 4.01. The molecule has 1 saturated heterocycles. The normalized spacial score (nSPS) is 17.6. The van der Waals surface area contributed by atoms with Gasteiger partial charge in [-0.15, -0.1) is 0 Å². The molecule has 0 aromatic heterocycles. The number of unbranched alkanes of at least 4 members (excludes halogenated alkanes) is 1. The van der Waals surface area contributed by atoms with E-state index >= 15 is 0 Å². The highest BCUT2D eigenvalue weighted by Crippen LogP contribution is 2.20. The van der Waals surface area contributed by atoms with E-state index in [1.807, 2.05) is 24.3 Å². The molecule has 0 aliphatic carbocycles. The Morgan fingerprint density at radius 3 is 2.91 bits per heavy atom. The Bertz CT molecular complexity index is 530. The van der Waals surface area contributed by atoms with E-state index in [9.17, 15) is 9.59 Å². The maximum absolute atomic E-state index is 12.3. The molecule has 5 nitrogen and oxygen atoms in total. The van der Waals surface area contributed by atoms with Gasteiger partial charge in [0.1, 0.15) is 5.75 Å². The van der Waals surface area contributed by atoms with Gasteiger partial charge in [0.05, 0.1) is 13.0 Å². The fourth-order valence-corrected chi connectivity index (χ4v) is 2.69. The summed E-state index contributed by atoms with van der Waals surface area (Å²) in [6, 6.07) is 7.60. The Kier molecular flexibility index (Phi) is 5.81. The largest absolute Gasteiger partial charge is 0.496 e. The first-order valence-corrected chi connectivity index (χ1v) is 7.83. The molecule has 1 fully saturated rings. The fourth-order valence-electron chi connectivity index (χ4n) is 2.69. The summed E-state index contributed by atoms with van der Waals surface area (Å²) >= 11 is 0. The quantitative estimate of drug-likeness (QED) is 0.838. The van der Waals surface area contributed by atoms with Crippen LogP contribution in [-0.4, -0.2) is 36.9 Å². The molecule has 0 saturated carbocycles. The number of hydrogen-bond acceptors (Lipinski definition) is 3. The standard InChI is InChI=1S/C17H24N2O3/c1-3-4-9-19-12-14(10-16(19)20)17(21)18-11-13-7-5-6-8-15(13)22-2/h5-8,14H,3-4,9-12H2,1-2H3,(H,18,21)/t14-/m0/s1. The summed E-state index contributed by atoms with van der Waals surface area (Å²) in [5, 5.41) is 2.91. The van der Waals surface area contributed by atoms with Crippen LogP contribution in [0.3, 0.4) is 0 Å². The first-order chi connectivity index (χ1) is 10.7. The lowest BCUT2D eigenvalue weighted by molar-refractivity contribution is -0.129. The number of carbonyl (C=O) groups excluding carboxylic acids is 2. The van der Waals surface area contributed by atoms with Gasteiger partial charge < -0.3 is 15.0 Å². The lowest BCUT2D eigenvalue weighted by atomic mass is 10.1. The SMILES string of the molecule is CCCCN1C[C@@H](C(=O)NCc2ccccc2OC)CC1=O. The van der Waals surface area contributed by atoms with Crippen molar-refractivity contribution in [2.24, 2.45) is 5.92 Å². The molecule has 0 radical (unpaired) electrons. The average Bonchev–Trinajstić information content (AvgIpc) is 2.92.